The molecule has 0 radical (unpaired) electrons. The van der Waals surface area contributed by atoms with Crippen LogP contribution in [0.4, 0.5) is 11.5 Å². The number of anilines is 1. The summed E-state index contributed by atoms with van der Waals surface area (Å²) in [7, 11) is 0. The Bertz CT molecular complexity index is 505. The number of carboxylic acids is 1. The summed E-state index contributed by atoms with van der Waals surface area (Å²) >= 11 is 0. The van der Waals surface area contributed by atoms with Crippen LogP contribution in [-0.4, -0.2) is 27.5 Å². The number of hydrogen-bond donors (Lipinski definition) is 2. The molecule has 0 saturated carbocycles. The number of nitrogens with one attached hydrogen (secondary N) is 1. The molecule has 7 heteroatoms. The first-order valence-electron chi connectivity index (χ1n) is 7.12. The van der Waals surface area contributed by atoms with Gasteiger partial charge in [-0.05, 0) is 18.4 Å². The van der Waals surface area contributed by atoms with E-state index in [0.717, 1.165) is 31.7 Å². The van der Waals surface area contributed by atoms with E-state index in [0.29, 0.717) is 12.5 Å². The van der Waals surface area contributed by atoms with Crippen LogP contribution in [0.15, 0.2) is 12.1 Å². The van der Waals surface area contributed by atoms with Crippen LogP contribution in [0.3, 0.4) is 0 Å². The summed E-state index contributed by atoms with van der Waals surface area (Å²) in [5.41, 5.74) is -0.407. The van der Waals surface area contributed by atoms with E-state index in [4.69, 9.17) is 5.11 Å². The maximum absolute atomic E-state index is 11.0. The summed E-state index contributed by atoms with van der Waals surface area (Å²) in [6.45, 7) is 4.73. The summed E-state index contributed by atoms with van der Waals surface area (Å²) in [4.78, 5) is 25.1. The number of unbranched alkanes of at least 4 members (excludes halogenated alkanes) is 1. The van der Waals surface area contributed by atoms with E-state index < -0.39 is 10.9 Å². The molecule has 0 aliphatic rings. The third-order valence-electron chi connectivity index (χ3n) is 3.39. The van der Waals surface area contributed by atoms with Crippen molar-refractivity contribution in [3.8, 4) is 0 Å². The maximum Gasteiger partial charge on any atom is 0.354 e. The van der Waals surface area contributed by atoms with Crippen molar-refractivity contribution in [1.82, 2.24) is 4.98 Å². The maximum atomic E-state index is 11.0. The largest absolute Gasteiger partial charge is 0.477 e. The molecule has 0 saturated heterocycles. The van der Waals surface area contributed by atoms with Crippen LogP contribution in [0.5, 0.6) is 0 Å². The van der Waals surface area contributed by atoms with E-state index >= 15 is 0 Å². The van der Waals surface area contributed by atoms with Gasteiger partial charge in [0.2, 0.25) is 5.82 Å². The number of carboxylic acid groups (broad SMARTS) is 1. The van der Waals surface area contributed by atoms with E-state index in [1.807, 2.05) is 0 Å². The molecule has 1 atom stereocenters. The predicted octanol–water partition coefficient (Wildman–Crippen LogP) is 3.32. The molecule has 7 nitrogen and oxygen atoms in total. The van der Waals surface area contributed by atoms with E-state index in [1.165, 1.54) is 6.07 Å². The molecule has 0 aromatic carbocycles. The van der Waals surface area contributed by atoms with Crippen LogP contribution in [0.1, 0.15) is 50.0 Å². The second kappa shape index (κ2) is 8.18. The molecule has 0 aliphatic heterocycles. The molecule has 1 aromatic heterocycles. The summed E-state index contributed by atoms with van der Waals surface area (Å²) in [6, 6.07) is 2.31. The first-order valence-corrected chi connectivity index (χ1v) is 7.12. The van der Waals surface area contributed by atoms with E-state index in [1.54, 1.807) is 0 Å². The Balaban J connectivity index is 2.86. The molecule has 0 bridgehead atoms. The van der Waals surface area contributed by atoms with Crippen molar-refractivity contribution in [3.63, 3.8) is 0 Å². The van der Waals surface area contributed by atoms with Crippen LogP contribution in [0, 0.1) is 16.0 Å². The molecular weight excluding hydrogens is 274 g/mol. The molecule has 116 valence electrons. The highest BCUT2D eigenvalue weighted by molar-refractivity contribution is 5.86. The minimum absolute atomic E-state index is 0.0230. The first-order chi connectivity index (χ1) is 9.99. The van der Waals surface area contributed by atoms with Gasteiger partial charge in [0.15, 0.2) is 5.69 Å². The Morgan fingerprint density at radius 2 is 2.19 bits per heavy atom. The Hall–Kier alpha value is -2.18. The minimum Gasteiger partial charge on any atom is -0.477 e. The SMILES string of the molecule is CCCCC(CC)CNc1nc(C(=O)O)ccc1[N+](=O)[O-]. The van der Waals surface area contributed by atoms with Crippen molar-refractivity contribution < 1.29 is 14.8 Å². The smallest absolute Gasteiger partial charge is 0.354 e. The van der Waals surface area contributed by atoms with Gasteiger partial charge in [0, 0.05) is 12.6 Å². The van der Waals surface area contributed by atoms with Gasteiger partial charge >= 0.3 is 11.7 Å². The number of hydrogen-bond acceptors (Lipinski definition) is 5. The standard InChI is InChI=1S/C14H21N3O4/c1-3-5-6-10(4-2)9-15-13-12(17(20)21)8-7-11(16-13)14(18)19/h7-8,10H,3-6,9H2,1-2H3,(H,15,16)(H,18,19). The van der Waals surface area contributed by atoms with Crippen molar-refractivity contribution in [2.24, 2.45) is 5.92 Å². The number of aromatic nitrogens is 1. The zero-order valence-electron chi connectivity index (χ0n) is 12.3. The molecule has 0 fully saturated rings. The molecule has 0 aliphatic carbocycles. The van der Waals surface area contributed by atoms with Gasteiger partial charge in [-0.25, -0.2) is 9.78 Å². The number of carbonyl (C=O) groups is 1. The first kappa shape index (κ1) is 16.9. The topological polar surface area (TPSA) is 105 Å². The van der Waals surface area contributed by atoms with Gasteiger partial charge in [0.05, 0.1) is 4.92 Å². The summed E-state index contributed by atoms with van der Waals surface area (Å²) < 4.78 is 0. The Morgan fingerprint density at radius 1 is 1.48 bits per heavy atom. The van der Waals surface area contributed by atoms with Crippen LogP contribution >= 0.6 is 0 Å². The number of aromatic carboxylic acids is 1. The van der Waals surface area contributed by atoms with E-state index in [9.17, 15) is 14.9 Å². The van der Waals surface area contributed by atoms with Gasteiger partial charge in [-0.15, -0.1) is 0 Å². The summed E-state index contributed by atoms with van der Waals surface area (Å²) in [5, 5.41) is 22.8. The predicted molar refractivity (Wildman–Crippen MR) is 79.6 cm³/mol. The summed E-state index contributed by atoms with van der Waals surface area (Å²) in [5.74, 6) is -0.791. The van der Waals surface area contributed by atoms with E-state index in [-0.39, 0.29) is 17.2 Å². The summed E-state index contributed by atoms with van der Waals surface area (Å²) in [6.07, 6.45) is 4.19. The Labute approximate surface area is 123 Å². The van der Waals surface area contributed by atoms with E-state index in [2.05, 4.69) is 24.1 Å². The lowest BCUT2D eigenvalue weighted by Gasteiger charge is -2.15. The fraction of sp³-hybridized carbons (Fsp3) is 0.571. The third kappa shape index (κ3) is 5.02. The molecule has 0 amide bonds. The lowest BCUT2D eigenvalue weighted by atomic mass is 9.99. The Kier molecular flexibility index (Phi) is 6.58. The molecule has 1 rings (SSSR count). The van der Waals surface area contributed by atoms with Gasteiger partial charge in [-0.1, -0.05) is 33.1 Å². The van der Waals surface area contributed by atoms with Gasteiger partial charge in [0.1, 0.15) is 0 Å². The average Bonchev–Trinajstić information content (AvgIpc) is 2.46. The Morgan fingerprint density at radius 3 is 2.71 bits per heavy atom. The van der Waals surface area contributed by atoms with Crippen molar-refractivity contribution in [3.05, 3.63) is 27.9 Å². The van der Waals surface area contributed by atoms with Gasteiger partial charge in [-0.3, -0.25) is 10.1 Å². The molecule has 1 heterocycles. The average molecular weight is 295 g/mol. The highest BCUT2D eigenvalue weighted by Gasteiger charge is 2.19. The van der Waals surface area contributed by atoms with Gasteiger partial charge in [0.25, 0.3) is 0 Å². The fourth-order valence-electron chi connectivity index (χ4n) is 2.03. The monoisotopic (exact) mass is 295 g/mol. The van der Waals surface area contributed by atoms with Crippen molar-refractivity contribution in [2.45, 2.75) is 39.5 Å². The van der Waals surface area contributed by atoms with Crippen molar-refractivity contribution in [2.75, 3.05) is 11.9 Å². The fourth-order valence-corrected chi connectivity index (χ4v) is 2.03. The zero-order valence-corrected chi connectivity index (χ0v) is 12.3. The van der Waals surface area contributed by atoms with Crippen molar-refractivity contribution >= 4 is 17.5 Å². The number of nitro groups is 1. The number of pyridine rings is 1. The van der Waals surface area contributed by atoms with Crippen LogP contribution in [0.2, 0.25) is 0 Å². The molecule has 2 N–H and O–H groups in total. The number of nitrogens with zero attached hydrogens (tertiary/aromatic N) is 2. The quantitative estimate of drug-likeness (QED) is 0.534. The van der Waals surface area contributed by atoms with Crippen LogP contribution in [0.25, 0.3) is 0 Å². The minimum atomic E-state index is -1.20. The second-order valence-corrected chi connectivity index (χ2v) is 4.92. The molecule has 0 spiro atoms. The normalized spacial score (nSPS) is 11.9. The lowest BCUT2D eigenvalue weighted by molar-refractivity contribution is -0.384. The lowest BCUT2D eigenvalue weighted by Crippen LogP contribution is -2.16. The van der Waals surface area contributed by atoms with Gasteiger partial charge in [-0.2, -0.15) is 0 Å². The van der Waals surface area contributed by atoms with Crippen LogP contribution < -0.4 is 5.32 Å². The zero-order chi connectivity index (χ0) is 15.8. The van der Waals surface area contributed by atoms with Crippen molar-refractivity contribution in [1.29, 1.82) is 0 Å². The third-order valence-corrected chi connectivity index (χ3v) is 3.39. The molecule has 21 heavy (non-hydrogen) atoms. The second-order valence-electron chi connectivity index (χ2n) is 4.92. The highest BCUT2D eigenvalue weighted by Crippen LogP contribution is 2.23. The molecule has 1 aromatic rings. The number of rotatable bonds is 9. The van der Waals surface area contributed by atoms with Gasteiger partial charge < -0.3 is 10.4 Å². The molecule has 1 unspecified atom stereocenters. The van der Waals surface area contributed by atoms with Crippen LogP contribution in [-0.2, 0) is 0 Å². The molecular formula is C14H21N3O4. The highest BCUT2D eigenvalue weighted by atomic mass is 16.6.